The lowest BCUT2D eigenvalue weighted by Crippen LogP contribution is -2.40. The van der Waals surface area contributed by atoms with Crippen LogP contribution in [0.2, 0.25) is 0 Å². The predicted octanol–water partition coefficient (Wildman–Crippen LogP) is 1.99. The average molecular weight is 237 g/mol. The van der Waals surface area contributed by atoms with Crippen molar-refractivity contribution in [1.82, 2.24) is 0 Å². The monoisotopic (exact) mass is 237 g/mol. The number of ether oxygens (including phenoxy) is 1. The van der Waals surface area contributed by atoms with Crippen molar-refractivity contribution in [2.24, 2.45) is 5.73 Å². The Morgan fingerprint density at radius 2 is 2.18 bits per heavy atom. The van der Waals surface area contributed by atoms with Crippen LogP contribution < -0.4 is 10.5 Å². The Balaban J connectivity index is 3.08. The topological polar surface area (TPSA) is 72.5 Å². The molecule has 0 amide bonds. The molecule has 4 nitrogen and oxygen atoms in total. The van der Waals surface area contributed by atoms with Gasteiger partial charge in [-0.05, 0) is 31.5 Å². The van der Waals surface area contributed by atoms with E-state index in [0.29, 0.717) is 5.75 Å². The van der Waals surface area contributed by atoms with Crippen molar-refractivity contribution in [3.8, 4) is 5.75 Å². The molecular formula is C13H19NO3. The molecular weight excluding hydrogens is 218 g/mol. The molecule has 0 fully saturated rings. The van der Waals surface area contributed by atoms with Crippen molar-refractivity contribution in [2.45, 2.75) is 31.7 Å². The maximum Gasteiger partial charge on any atom is 0.304 e. The summed E-state index contributed by atoms with van der Waals surface area (Å²) >= 11 is 0. The second-order valence-corrected chi connectivity index (χ2v) is 4.75. The first-order valence-corrected chi connectivity index (χ1v) is 5.49. The molecule has 0 aliphatic carbocycles. The number of carboxylic acids is 1. The molecule has 94 valence electrons. The Labute approximate surface area is 101 Å². The summed E-state index contributed by atoms with van der Waals surface area (Å²) in [5.74, 6) is -0.381. The van der Waals surface area contributed by atoms with Crippen LogP contribution in [0, 0.1) is 0 Å². The van der Waals surface area contributed by atoms with Crippen LogP contribution in [0.4, 0.5) is 0 Å². The summed E-state index contributed by atoms with van der Waals surface area (Å²) in [6, 6.07) is 7.38. The molecule has 0 bridgehead atoms. The molecule has 1 atom stereocenters. The normalized spacial score (nSPS) is 13.2. The van der Waals surface area contributed by atoms with Gasteiger partial charge in [0.1, 0.15) is 5.75 Å². The summed E-state index contributed by atoms with van der Waals surface area (Å²) in [6.07, 6.45) is 0.0106. The van der Waals surface area contributed by atoms with Gasteiger partial charge < -0.3 is 15.6 Å². The minimum atomic E-state index is -0.851. The van der Waals surface area contributed by atoms with Crippen LogP contribution in [0.3, 0.4) is 0 Å². The SMILES string of the molecule is COc1cccc(C(CC(=O)O)C(C)(C)N)c1. The van der Waals surface area contributed by atoms with Gasteiger partial charge in [0.15, 0.2) is 0 Å². The van der Waals surface area contributed by atoms with Crippen LogP contribution in [0.15, 0.2) is 24.3 Å². The number of rotatable bonds is 5. The zero-order valence-electron chi connectivity index (χ0n) is 10.4. The van der Waals surface area contributed by atoms with Crippen LogP contribution in [-0.2, 0) is 4.79 Å². The van der Waals surface area contributed by atoms with E-state index in [-0.39, 0.29) is 12.3 Å². The van der Waals surface area contributed by atoms with Crippen molar-refractivity contribution in [2.75, 3.05) is 7.11 Å². The van der Waals surface area contributed by atoms with E-state index in [2.05, 4.69) is 0 Å². The van der Waals surface area contributed by atoms with Gasteiger partial charge in [0, 0.05) is 11.5 Å². The number of carboxylic acid groups (broad SMARTS) is 1. The number of hydrogen-bond donors (Lipinski definition) is 2. The molecule has 1 aromatic carbocycles. The number of nitrogens with two attached hydrogens (primary N) is 1. The summed E-state index contributed by atoms with van der Waals surface area (Å²) in [4.78, 5) is 10.9. The van der Waals surface area contributed by atoms with Gasteiger partial charge in [0.2, 0.25) is 0 Å². The Bertz CT molecular complexity index is 396. The number of methoxy groups -OCH3 is 1. The molecule has 0 spiro atoms. The van der Waals surface area contributed by atoms with Gasteiger partial charge in [-0.2, -0.15) is 0 Å². The molecule has 1 aromatic rings. The predicted molar refractivity (Wildman–Crippen MR) is 66.3 cm³/mol. The van der Waals surface area contributed by atoms with Gasteiger partial charge in [0.05, 0.1) is 13.5 Å². The van der Waals surface area contributed by atoms with Crippen LogP contribution in [-0.4, -0.2) is 23.7 Å². The Morgan fingerprint density at radius 3 is 2.65 bits per heavy atom. The fraction of sp³-hybridized carbons (Fsp3) is 0.462. The lowest BCUT2D eigenvalue weighted by Gasteiger charge is -2.30. The highest BCUT2D eigenvalue weighted by Crippen LogP contribution is 2.31. The highest BCUT2D eigenvalue weighted by molar-refractivity contribution is 5.68. The van der Waals surface area contributed by atoms with Crippen LogP contribution in [0.5, 0.6) is 5.75 Å². The van der Waals surface area contributed by atoms with E-state index >= 15 is 0 Å². The molecule has 1 rings (SSSR count). The molecule has 0 radical (unpaired) electrons. The molecule has 0 aliphatic heterocycles. The molecule has 0 saturated heterocycles. The Hall–Kier alpha value is -1.55. The summed E-state index contributed by atoms with van der Waals surface area (Å²) in [6.45, 7) is 3.67. The van der Waals surface area contributed by atoms with E-state index in [1.54, 1.807) is 7.11 Å². The first-order chi connectivity index (χ1) is 7.84. The first kappa shape index (κ1) is 13.5. The summed E-state index contributed by atoms with van der Waals surface area (Å²) in [5.41, 5.74) is 6.34. The summed E-state index contributed by atoms with van der Waals surface area (Å²) in [5, 5.41) is 8.95. The maximum atomic E-state index is 10.9. The molecule has 4 heteroatoms. The largest absolute Gasteiger partial charge is 0.497 e. The highest BCUT2D eigenvalue weighted by atomic mass is 16.5. The van der Waals surface area contributed by atoms with Crippen LogP contribution in [0.1, 0.15) is 31.7 Å². The van der Waals surface area contributed by atoms with Crippen molar-refractivity contribution in [1.29, 1.82) is 0 Å². The summed E-state index contributed by atoms with van der Waals surface area (Å²) in [7, 11) is 1.58. The standard InChI is InChI=1S/C13H19NO3/c1-13(2,14)11(8-12(15)16)9-5-4-6-10(7-9)17-3/h4-7,11H,8,14H2,1-3H3,(H,15,16). The fourth-order valence-electron chi connectivity index (χ4n) is 1.84. The van der Waals surface area contributed by atoms with E-state index in [9.17, 15) is 4.79 Å². The van der Waals surface area contributed by atoms with Crippen molar-refractivity contribution >= 4 is 5.97 Å². The third-order valence-corrected chi connectivity index (χ3v) is 2.77. The number of carbonyl (C=O) groups is 1. The van der Waals surface area contributed by atoms with Crippen molar-refractivity contribution in [3.05, 3.63) is 29.8 Å². The van der Waals surface area contributed by atoms with Gasteiger partial charge in [-0.1, -0.05) is 12.1 Å². The smallest absolute Gasteiger partial charge is 0.304 e. The molecule has 17 heavy (non-hydrogen) atoms. The molecule has 0 aromatic heterocycles. The molecule has 0 heterocycles. The first-order valence-electron chi connectivity index (χ1n) is 5.49. The minimum absolute atomic E-state index is 0.0106. The summed E-state index contributed by atoms with van der Waals surface area (Å²) < 4.78 is 5.13. The number of hydrogen-bond acceptors (Lipinski definition) is 3. The molecule has 3 N–H and O–H groups in total. The molecule has 0 saturated carbocycles. The van der Waals surface area contributed by atoms with E-state index in [4.69, 9.17) is 15.6 Å². The van der Waals surface area contributed by atoms with Gasteiger partial charge in [-0.25, -0.2) is 0 Å². The van der Waals surface area contributed by atoms with Gasteiger partial charge in [-0.3, -0.25) is 4.79 Å². The quantitative estimate of drug-likeness (QED) is 0.821. The zero-order chi connectivity index (χ0) is 13.1. The lowest BCUT2D eigenvalue weighted by molar-refractivity contribution is -0.137. The Kier molecular flexibility index (Phi) is 4.12. The molecule has 1 unspecified atom stereocenters. The molecule has 0 aliphatic rings. The Morgan fingerprint density at radius 1 is 1.53 bits per heavy atom. The third kappa shape index (κ3) is 3.75. The fourth-order valence-corrected chi connectivity index (χ4v) is 1.84. The maximum absolute atomic E-state index is 10.9. The van der Waals surface area contributed by atoms with E-state index < -0.39 is 11.5 Å². The number of aliphatic carboxylic acids is 1. The van der Waals surface area contributed by atoms with Crippen LogP contribution >= 0.6 is 0 Å². The van der Waals surface area contributed by atoms with Gasteiger partial charge in [0.25, 0.3) is 0 Å². The van der Waals surface area contributed by atoms with Crippen molar-refractivity contribution < 1.29 is 14.6 Å². The number of benzene rings is 1. The average Bonchev–Trinajstić information content (AvgIpc) is 2.24. The lowest BCUT2D eigenvalue weighted by atomic mass is 9.80. The van der Waals surface area contributed by atoms with E-state index in [1.165, 1.54) is 0 Å². The second kappa shape index (κ2) is 5.19. The third-order valence-electron chi connectivity index (χ3n) is 2.77. The van der Waals surface area contributed by atoms with Gasteiger partial charge in [-0.15, -0.1) is 0 Å². The second-order valence-electron chi connectivity index (χ2n) is 4.75. The van der Waals surface area contributed by atoms with Crippen molar-refractivity contribution in [3.63, 3.8) is 0 Å². The highest BCUT2D eigenvalue weighted by Gasteiger charge is 2.29. The van der Waals surface area contributed by atoms with E-state index in [0.717, 1.165) is 5.56 Å². The van der Waals surface area contributed by atoms with Crippen LogP contribution in [0.25, 0.3) is 0 Å². The van der Waals surface area contributed by atoms with Gasteiger partial charge >= 0.3 is 5.97 Å². The zero-order valence-corrected chi connectivity index (χ0v) is 10.4. The van der Waals surface area contributed by atoms with E-state index in [1.807, 2.05) is 38.1 Å². The minimum Gasteiger partial charge on any atom is -0.497 e.